The van der Waals surface area contributed by atoms with Gasteiger partial charge in [0.05, 0.1) is 0 Å². The van der Waals surface area contributed by atoms with Crippen LogP contribution in [0.25, 0.3) is 0 Å². The van der Waals surface area contributed by atoms with Gasteiger partial charge in [-0.2, -0.15) is 0 Å². The Morgan fingerprint density at radius 2 is 1.57 bits per heavy atom. The lowest BCUT2D eigenvalue weighted by atomic mass is 9.88. The first kappa shape index (κ1) is 17.0. The molecule has 1 aromatic carbocycles. The quantitative estimate of drug-likeness (QED) is 0.419. The van der Waals surface area contributed by atoms with Crippen molar-refractivity contribution in [3.05, 3.63) is 29.3 Å². The second kappa shape index (κ2) is 6.56. The van der Waals surface area contributed by atoms with E-state index in [2.05, 4.69) is 18.4 Å². The second-order valence-electron chi connectivity index (χ2n) is 6.83. The lowest BCUT2D eigenvalue weighted by Gasteiger charge is -2.22. The van der Waals surface area contributed by atoms with E-state index in [4.69, 9.17) is 9.56 Å². The minimum Gasteiger partial charge on any atom is -0.327 e. The zero-order chi connectivity index (χ0) is 16.6. The predicted molar refractivity (Wildman–Crippen MR) is 87.3 cm³/mol. The van der Waals surface area contributed by atoms with Crippen LogP contribution in [0.4, 0.5) is 0 Å². The van der Waals surface area contributed by atoms with Crippen LogP contribution in [-0.4, -0.2) is 12.0 Å². The van der Waals surface area contributed by atoms with Gasteiger partial charge in [-0.05, 0) is 49.4 Å². The van der Waals surface area contributed by atoms with Crippen molar-refractivity contribution in [3.63, 3.8) is 0 Å². The van der Waals surface area contributed by atoms with E-state index in [1.165, 1.54) is 25.7 Å². The van der Waals surface area contributed by atoms with Gasteiger partial charge < -0.3 is 9.78 Å². The highest BCUT2D eigenvalue weighted by Gasteiger charge is 2.36. The summed E-state index contributed by atoms with van der Waals surface area (Å²) in [5, 5.41) is 0. The molecule has 0 aromatic heterocycles. The van der Waals surface area contributed by atoms with Crippen molar-refractivity contribution in [3.8, 4) is 5.75 Å². The normalized spacial score (nSPS) is 23.1. The third kappa shape index (κ3) is 3.97. The highest BCUT2D eigenvalue weighted by atomic mass is 31.2. The minimum absolute atomic E-state index is 0.348. The Morgan fingerprint density at radius 3 is 1.96 bits per heavy atom. The molecule has 3 rings (SSSR count). The van der Waals surface area contributed by atoms with Crippen molar-refractivity contribution in [2.45, 2.75) is 51.4 Å². The smallest absolute Gasteiger partial charge is 0.327 e. The molecular formula is C17H25O5P. The Hall–Kier alpha value is -0.870. The van der Waals surface area contributed by atoms with Crippen LogP contribution in [0.1, 0.15) is 62.5 Å². The molecule has 0 radical (unpaired) electrons. The van der Waals surface area contributed by atoms with E-state index < -0.39 is 7.82 Å². The standard InChI is InChI=1S/C17H25O5P/c1-11(13-7-8-13)15-5-4-6-16(12(2)14-9-10-14)17(15)21-22-23(18,19)20-3/h4-6,11-14H,7-10H2,1-3H3,(H,18,19). The van der Waals surface area contributed by atoms with Gasteiger partial charge in [0.15, 0.2) is 5.75 Å². The number of para-hydroxylation sites is 1. The molecule has 0 heterocycles. The zero-order valence-electron chi connectivity index (χ0n) is 13.9. The first-order valence-electron chi connectivity index (χ1n) is 8.30. The van der Waals surface area contributed by atoms with Gasteiger partial charge in [-0.3, -0.25) is 4.52 Å². The molecule has 2 aliphatic carbocycles. The van der Waals surface area contributed by atoms with Crippen LogP contribution in [0.15, 0.2) is 18.2 Å². The topological polar surface area (TPSA) is 65.0 Å². The van der Waals surface area contributed by atoms with E-state index in [1.807, 2.05) is 18.2 Å². The van der Waals surface area contributed by atoms with Gasteiger partial charge in [-0.1, -0.05) is 36.7 Å². The molecule has 5 nitrogen and oxygen atoms in total. The molecule has 0 aliphatic heterocycles. The maximum atomic E-state index is 11.6. The van der Waals surface area contributed by atoms with Gasteiger partial charge in [-0.15, -0.1) is 0 Å². The minimum atomic E-state index is -4.18. The Labute approximate surface area is 137 Å². The summed E-state index contributed by atoms with van der Waals surface area (Å²) < 4.78 is 20.8. The summed E-state index contributed by atoms with van der Waals surface area (Å²) in [6.45, 7) is 4.36. The van der Waals surface area contributed by atoms with Gasteiger partial charge in [0.2, 0.25) is 0 Å². The molecule has 1 N–H and O–H groups in total. The molecule has 2 aliphatic rings. The molecule has 0 amide bonds. The largest absolute Gasteiger partial charge is 0.508 e. The average Bonchev–Trinajstić information content (AvgIpc) is 3.41. The van der Waals surface area contributed by atoms with Crippen molar-refractivity contribution in [2.24, 2.45) is 11.8 Å². The lowest BCUT2D eigenvalue weighted by molar-refractivity contribution is -0.127. The molecule has 0 spiro atoms. The Morgan fingerprint density at radius 1 is 1.09 bits per heavy atom. The fourth-order valence-electron chi connectivity index (χ4n) is 3.20. The summed E-state index contributed by atoms with van der Waals surface area (Å²) in [5.74, 6) is 2.61. The average molecular weight is 340 g/mol. The van der Waals surface area contributed by atoms with Gasteiger partial charge >= 0.3 is 7.82 Å². The van der Waals surface area contributed by atoms with Crippen LogP contribution in [0.2, 0.25) is 0 Å². The van der Waals surface area contributed by atoms with Crippen molar-refractivity contribution in [1.29, 1.82) is 0 Å². The summed E-state index contributed by atoms with van der Waals surface area (Å²) >= 11 is 0. The van der Waals surface area contributed by atoms with Crippen LogP contribution in [0, 0.1) is 11.8 Å². The fraction of sp³-hybridized carbons (Fsp3) is 0.647. The van der Waals surface area contributed by atoms with Crippen LogP contribution >= 0.6 is 7.82 Å². The van der Waals surface area contributed by atoms with Gasteiger partial charge in [0.25, 0.3) is 0 Å². The fourth-order valence-corrected chi connectivity index (χ4v) is 3.43. The number of phosphoric acid groups is 1. The molecule has 1 aromatic rings. The molecule has 128 valence electrons. The Kier molecular flexibility index (Phi) is 4.84. The molecule has 3 atom stereocenters. The number of hydrogen-bond acceptors (Lipinski definition) is 4. The monoisotopic (exact) mass is 340 g/mol. The van der Waals surface area contributed by atoms with Crippen LogP contribution < -0.4 is 4.89 Å². The van der Waals surface area contributed by atoms with Crippen LogP contribution in [0.5, 0.6) is 5.75 Å². The first-order chi connectivity index (χ1) is 10.9. The highest BCUT2D eigenvalue weighted by molar-refractivity contribution is 7.47. The molecule has 2 saturated carbocycles. The summed E-state index contributed by atoms with van der Waals surface area (Å²) in [4.78, 5) is 14.9. The summed E-state index contributed by atoms with van der Waals surface area (Å²) in [6.07, 6.45) is 4.89. The summed E-state index contributed by atoms with van der Waals surface area (Å²) in [7, 11) is -3.06. The number of phosphoric ester groups is 1. The highest BCUT2D eigenvalue weighted by Crippen LogP contribution is 2.51. The lowest BCUT2D eigenvalue weighted by Crippen LogP contribution is -2.08. The Balaban J connectivity index is 1.91. The zero-order valence-corrected chi connectivity index (χ0v) is 14.8. The van der Waals surface area contributed by atoms with E-state index in [9.17, 15) is 9.46 Å². The molecule has 0 bridgehead atoms. The third-order valence-corrected chi connectivity index (χ3v) is 5.89. The van der Waals surface area contributed by atoms with Gasteiger partial charge in [0.1, 0.15) is 0 Å². The maximum absolute atomic E-state index is 11.6. The maximum Gasteiger partial charge on any atom is 0.508 e. The molecule has 6 heteroatoms. The SMILES string of the molecule is COP(=O)(O)OOc1c(C(C)C2CC2)cccc1C(C)C1CC1. The summed E-state index contributed by atoms with van der Waals surface area (Å²) in [5.41, 5.74) is 2.10. The van der Waals surface area contributed by atoms with Crippen molar-refractivity contribution in [2.75, 3.05) is 7.11 Å². The van der Waals surface area contributed by atoms with Gasteiger partial charge in [-0.25, -0.2) is 4.57 Å². The number of rotatable bonds is 8. The van der Waals surface area contributed by atoms with Crippen molar-refractivity contribution < 1.29 is 23.5 Å². The van der Waals surface area contributed by atoms with E-state index >= 15 is 0 Å². The third-order valence-electron chi connectivity index (χ3n) is 5.16. The van der Waals surface area contributed by atoms with E-state index in [0.29, 0.717) is 29.4 Å². The van der Waals surface area contributed by atoms with Gasteiger partial charge in [0, 0.05) is 18.2 Å². The molecular weight excluding hydrogens is 315 g/mol. The van der Waals surface area contributed by atoms with Crippen molar-refractivity contribution >= 4 is 7.82 Å². The van der Waals surface area contributed by atoms with E-state index in [-0.39, 0.29) is 0 Å². The summed E-state index contributed by atoms with van der Waals surface area (Å²) in [6, 6.07) is 6.10. The molecule has 0 saturated heterocycles. The van der Waals surface area contributed by atoms with Crippen LogP contribution in [-0.2, 0) is 13.8 Å². The number of benzene rings is 1. The second-order valence-corrected chi connectivity index (χ2v) is 8.28. The van der Waals surface area contributed by atoms with Crippen molar-refractivity contribution in [1.82, 2.24) is 0 Å². The molecule has 3 unspecified atom stereocenters. The predicted octanol–water partition coefficient (Wildman–Crippen LogP) is 4.77. The number of hydrogen-bond donors (Lipinski definition) is 1. The van der Waals surface area contributed by atoms with Crippen LogP contribution in [0.3, 0.4) is 0 Å². The van der Waals surface area contributed by atoms with E-state index in [1.54, 1.807) is 0 Å². The van der Waals surface area contributed by atoms with E-state index in [0.717, 1.165) is 18.2 Å². The molecule has 23 heavy (non-hydrogen) atoms. The first-order valence-corrected chi connectivity index (χ1v) is 9.80. The Bertz CT molecular complexity index is 573. The molecule has 2 fully saturated rings.